The fourth-order valence-corrected chi connectivity index (χ4v) is 2.54. The van der Waals surface area contributed by atoms with Crippen LogP contribution in [0.5, 0.6) is 5.75 Å². The number of hydrogen-bond acceptors (Lipinski definition) is 4. The van der Waals surface area contributed by atoms with Gasteiger partial charge in [-0.1, -0.05) is 23.4 Å². The highest BCUT2D eigenvalue weighted by molar-refractivity contribution is 6.29. The van der Waals surface area contributed by atoms with E-state index >= 15 is 0 Å². The van der Waals surface area contributed by atoms with Crippen LogP contribution in [0.4, 0.5) is 0 Å². The molecule has 1 aromatic heterocycles. The van der Waals surface area contributed by atoms with Crippen molar-refractivity contribution in [3.8, 4) is 17.6 Å². The summed E-state index contributed by atoms with van der Waals surface area (Å²) in [5, 5.41) is 9.37. The van der Waals surface area contributed by atoms with Gasteiger partial charge >= 0.3 is 0 Å². The second-order valence-corrected chi connectivity index (χ2v) is 6.18. The van der Waals surface area contributed by atoms with Gasteiger partial charge in [0.1, 0.15) is 10.9 Å². The van der Waals surface area contributed by atoms with Crippen molar-refractivity contribution in [2.24, 2.45) is 5.92 Å². The second-order valence-electron chi connectivity index (χ2n) is 5.79. The zero-order valence-electron chi connectivity index (χ0n) is 13.2. The van der Waals surface area contributed by atoms with E-state index in [1.54, 1.807) is 12.3 Å². The van der Waals surface area contributed by atoms with Gasteiger partial charge < -0.3 is 14.7 Å². The van der Waals surface area contributed by atoms with E-state index in [-0.39, 0.29) is 12.7 Å². The molecule has 0 amide bonds. The number of rotatable bonds is 4. The molecule has 1 aromatic rings. The quantitative estimate of drug-likeness (QED) is 0.683. The third-order valence-electron chi connectivity index (χ3n) is 3.83. The van der Waals surface area contributed by atoms with Gasteiger partial charge in [0.2, 0.25) is 0 Å². The normalized spacial score (nSPS) is 17.6. The Balaban J connectivity index is 2.10. The van der Waals surface area contributed by atoms with Crippen molar-refractivity contribution in [2.45, 2.75) is 32.3 Å². The summed E-state index contributed by atoms with van der Waals surface area (Å²) in [5.41, 5.74) is 0.758. The maximum absolute atomic E-state index is 8.98. The first-order valence-electron chi connectivity index (χ1n) is 7.71. The Kier molecular flexibility index (Phi) is 6.50. The Hall–Kier alpha value is -1.28. The largest absolute Gasteiger partial charge is 0.489 e. The van der Waals surface area contributed by atoms with Gasteiger partial charge in [-0.05, 0) is 39.9 Å². The number of likely N-dealkylation sites (tertiary alicyclic amines) is 1. The maximum Gasteiger partial charge on any atom is 0.139 e. The van der Waals surface area contributed by atoms with E-state index in [1.807, 2.05) is 6.92 Å². The molecule has 0 saturated carbocycles. The number of piperidine rings is 1. The minimum atomic E-state index is -0.0904. The Morgan fingerprint density at radius 3 is 2.91 bits per heavy atom. The van der Waals surface area contributed by atoms with Gasteiger partial charge in [-0.25, -0.2) is 4.98 Å². The zero-order valence-corrected chi connectivity index (χ0v) is 13.9. The number of aliphatic hydroxyl groups is 1. The summed E-state index contributed by atoms with van der Waals surface area (Å²) in [6.45, 7) is 4.19. The molecule has 1 saturated heterocycles. The van der Waals surface area contributed by atoms with Crippen LogP contribution in [-0.2, 0) is 0 Å². The fourth-order valence-electron chi connectivity index (χ4n) is 2.39. The van der Waals surface area contributed by atoms with Gasteiger partial charge in [0, 0.05) is 31.2 Å². The van der Waals surface area contributed by atoms with Crippen LogP contribution in [0.1, 0.15) is 31.7 Å². The number of halogens is 1. The summed E-state index contributed by atoms with van der Waals surface area (Å²) < 4.78 is 5.83. The molecule has 1 atom stereocenters. The first-order valence-corrected chi connectivity index (χ1v) is 8.09. The molecule has 5 heteroatoms. The van der Waals surface area contributed by atoms with Gasteiger partial charge in [-0.15, -0.1) is 0 Å². The molecule has 0 spiro atoms. The molecular weight excluding hydrogens is 300 g/mol. The van der Waals surface area contributed by atoms with E-state index in [1.165, 1.54) is 0 Å². The van der Waals surface area contributed by atoms with Crippen molar-refractivity contribution in [3.05, 3.63) is 23.0 Å². The molecule has 1 fully saturated rings. The SMILES string of the molecule is C[C@@H](CCO)Oc1cc(Cl)ncc1C#CC1CCN(C)CC1. The van der Waals surface area contributed by atoms with E-state index < -0.39 is 0 Å². The Bertz CT molecular complexity index is 545. The Morgan fingerprint density at radius 2 is 2.23 bits per heavy atom. The van der Waals surface area contributed by atoms with Crippen LogP contribution in [0, 0.1) is 17.8 Å². The summed E-state index contributed by atoms with van der Waals surface area (Å²) in [7, 11) is 2.14. The molecule has 22 heavy (non-hydrogen) atoms. The predicted octanol–water partition coefficient (Wildman–Crippen LogP) is 2.58. The number of pyridine rings is 1. The molecular formula is C17H23ClN2O2. The van der Waals surface area contributed by atoms with Crippen molar-refractivity contribution in [3.63, 3.8) is 0 Å². The summed E-state index contributed by atoms with van der Waals surface area (Å²) >= 11 is 5.95. The summed E-state index contributed by atoms with van der Waals surface area (Å²) in [6.07, 6.45) is 4.34. The zero-order chi connectivity index (χ0) is 15.9. The lowest BCUT2D eigenvalue weighted by atomic mass is 9.97. The lowest BCUT2D eigenvalue weighted by Gasteiger charge is -2.25. The molecule has 1 N–H and O–H groups in total. The smallest absolute Gasteiger partial charge is 0.139 e. The lowest BCUT2D eigenvalue weighted by Crippen LogP contribution is -2.29. The predicted molar refractivity (Wildman–Crippen MR) is 88.1 cm³/mol. The average Bonchev–Trinajstić information content (AvgIpc) is 2.48. The van der Waals surface area contributed by atoms with Crippen molar-refractivity contribution in [1.82, 2.24) is 9.88 Å². The number of aromatic nitrogens is 1. The van der Waals surface area contributed by atoms with E-state index in [2.05, 4.69) is 28.8 Å². The van der Waals surface area contributed by atoms with Gasteiger partial charge in [-0.3, -0.25) is 0 Å². The van der Waals surface area contributed by atoms with Crippen LogP contribution >= 0.6 is 11.6 Å². The van der Waals surface area contributed by atoms with E-state index in [9.17, 15) is 0 Å². The molecule has 0 bridgehead atoms. The molecule has 4 nitrogen and oxygen atoms in total. The third kappa shape index (κ3) is 5.17. The summed E-state index contributed by atoms with van der Waals surface area (Å²) in [6, 6.07) is 1.69. The van der Waals surface area contributed by atoms with Crippen molar-refractivity contribution >= 4 is 11.6 Å². The minimum absolute atomic E-state index is 0.0904. The number of aliphatic hydroxyl groups excluding tert-OH is 1. The molecule has 2 heterocycles. The standard InChI is InChI=1S/C17H23ClN2O2/c1-13(7-10-21)22-16-11-17(18)19-12-15(16)4-3-14-5-8-20(2)9-6-14/h11-14,21H,5-10H2,1-2H3/t13-/m0/s1. The number of hydrogen-bond donors (Lipinski definition) is 1. The van der Waals surface area contributed by atoms with Crippen LogP contribution in [0.3, 0.4) is 0 Å². The van der Waals surface area contributed by atoms with Gasteiger partial charge in [0.15, 0.2) is 0 Å². The van der Waals surface area contributed by atoms with Crippen molar-refractivity contribution in [2.75, 3.05) is 26.7 Å². The van der Waals surface area contributed by atoms with Crippen molar-refractivity contribution < 1.29 is 9.84 Å². The highest BCUT2D eigenvalue weighted by Gasteiger charge is 2.14. The molecule has 120 valence electrons. The van der Waals surface area contributed by atoms with Crippen LogP contribution in [0.2, 0.25) is 5.15 Å². The Morgan fingerprint density at radius 1 is 1.50 bits per heavy atom. The van der Waals surface area contributed by atoms with Gasteiger partial charge in [0.05, 0.1) is 11.7 Å². The van der Waals surface area contributed by atoms with Crippen LogP contribution in [-0.4, -0.2) is 47.8 Å². The number of nitrogens with zero attached hydrogens (tertiary/aromatic N) is 2. The molecule has 0 radical (unpaired) electrons. The van der Waals surface area contributed by atoms with Crippen LogP contribution < -0.4 is 4.74 Å². The van der Waals surface area contributed by atoms with Gasteiger partial charge in [0.25, 0.3) is 0 Å². The molecule has 2 rings (SSSR count). The Labute approximate surface area is 137 Å². The molecule has 0 aliphatic carbocycles. The minimum Gasteiger partial charge on any atom is -0.489 e. The highest BCUT2D eigenvalue weighted by Crippen LogP contribution is 2.23. The first kappa shape index (κ1) is 17.1. The number of ether oxygens (including phenoxy) is 1. The molecule has 1 aliphatic rings. The topological polar surface area (TPSA) is 45.6 Å². The van der Waals surface area contributed by atoms with Crippen LogP contribution in [0.25, 0.3) is 0 Å². The maximum atomic E-state index is 8.98. The van der Waals surface area contributed by atoms with Gasteiger partial charge in [-0.2, -0.15) is 0 Å². The fraction of sp³-hybridized carbons (Fsp3) is 0.588. The highest BCUT2D eigenvalue weighted by atomic mass is 35.5. The van der Waals surface area contributed by atoms with E-state index in [0.29, 0.717) is 23.2 Å². The summed E-state index contributed by atoms with van der Waals surface area (Å²) in [5.74, 6) is 7.60. The average molecular weight is 323 g/mol. The van der Waals surface area contributed by atoms with E-state index in [0.717, 1.165) is 31.5 Å². The monoisotopic (exact) mass is 322 g/mol. The first-order chi connectivity index (χ1) is 10.6. The molecule has 1 aliphatic heterocycles. The van der Waals surface area contributed by atoms with Crippen LogP contribution in [0.15, 0.2) is 12.3 Å². The van der Waals surface area contributed by atoms with Crippen molar-refractivity contribution in [1.29, 1.82) is 0 Å². The molecule has 0 unspecified atom stereocenters. The molecule has 0 aromatic carbocycles. The summed E-state index contributed by atoms with van der Waals surface area (Å²) in [4.78, 5) is 6.42. The second kappa shape index (κ2) is 8.38. The van der Waals surface area contributed by atoms with E-state index in [4.69, 9.17) is 21.4 Å². The third-order valence-corrected chi connectivity index (χ3v) is 4.03. The lowest BCUT2D eigenvalue weighted by molar-refractivity contribution is 0.168.